The Morgan fingerprint density at radius 2 is 1.74 bits per heavy atom. The maximum absolute atomic E-state index is 16.2. The Bertz CT molecular complexity index is 1420. The van der Waals surface area contributed by atoms with Crippen LogP contribution in [0.25, 0.3) is 22.2 Å². The number of nitrogens with zero attached hydrogens (tertiary/aromatic N) is 5. The molecular formula is C35H46ClF2N5. The highest BCUT2D eigenvalue weighted by Crippen LogP contribution is 2.37. The van der Waals surface area contributed by atoms with Crippen molar-refractivity contribution in [2.75, 3.05) is 31.1 Å². The molecule has 8 rings (SSSR count). The van der Waals surface area contributed by atoms with Gasteiger partial charge in [-0.1, -0.05) is 44.2 Å². The van der Waals surface area contributed by atoms with E-state index in [4.69, 9.17) is 16.6 Å². The second kappa shape index (κ2) is 13.7. The van der Waals surface area contributed by atoms with E-state index in [1.54, 1.807) is 6.20 Å². The average Bonchev–Trinajstić information content (AvgIpc) is 3.58. The molecule has 5 aliphatic heterocycles. The van der Waals surface area contributed by atoms with Gasteiger partial charge in [0.05, 0.1) is 5.39 Å². The number of benzene rings is 1. The van der Waals surface area contributed by atoms with Gasteiger partial charge < -0.3 is 4.90 Å². The number of pyridine rings is 1. The van der Waals surface area contributed by atoms with Gasteiger partial charge in [-0.2, -0.15) is 0 Å². The third-order valence-corrected chi connectivity index (χ3v) is 10.3. The number of rotatable bonds is 1. The first-order valence-electron chi connectivity index (χ1n) is 16.7. The standard InChI is InChI=1S/C28H34ClFN4.C7H12FN/c1-3-24-32-27-22-16-31-26(25(27)30)21-14-18(2)15-23(29)20(21)12-8-6-4-5-7-10-19-11-9-13-34(17-19)28(22)33-24;8-6-4-7-2-1-3-9(7)5-6/h14-16,19H,3-13,17H2,1-2H3;6-7H,1-5H2. The lowest BCUT2D eigenvalue weighted by Gasteiger charge is -2.34. The molecule has 8 heteroatoms. The van der Waals surface area contributed by atoms with Gasteiger partial charge in [-0.05, 0) is 94.0 Å². The van der Waals surface area contributed by atoms with Crippen molar-refractivity contribution in [1.82, 2.24) is 19.9 Å². The minimum atomic E-state index is -0.518. The van der Waals surface area contributed by atoms with Crippen LogP contribution < -0.4 is 4.90 Å². The van der Waals surface area contributed by atoms with E-state index in [1.165, 1.54) is 51.4 Å². The molecule has 3 atom stereocenters. The van der Waals surface area contributed by atoms with Crippen LogP contribution in [0.15, 0.2) is 18.3 Å². The first-order chi connectivity index (χ1) is 20.9. The van der Waals surface area contributed by atoms with Crippen molar-refractivity contribution in [1.29, 1.82) is 0 Å². The second-order valence-corrected chi connectivity index (χ2v) is 13.6. The van der Waals surface area contributed by atoms with Gasteiger partial charge >= 0.3 is 0 Å². The number of piperidine rings is 1. The van der Waals surface area contributed by atoms with Crippen LogP contribution in [0, 0.1) is 18.7 Å². The van der Waals surface area contributed by atoms with Gasteiger partial charge in [0.2, 0.25) is 0 Å². The zero-order chi connectivity index (χ0) is 29.9. The van der Waals surface area contributed by atoms with Crippen molar-refractivity contribution in [3.8, 4) is 11.3 Å². The van der Waals surface area contributed by atoms with Gasteiger partial charge in [0.25, 0.3) is 0 Å². The number of halogens is 3. The number of hydrogen-bond donors (Lipinski definition) is 0. The first-order valence-corrected chi connectivity index (χ1v) is 17.1. The molecule has 232 valence electrons. The molecule has 6 bridgehead atoms. The fourth-order valence-corrected chi connectivity index (χ4v) is 8.06. The molecule has 1 aromatic carbocycles. The van der Waals surface area contributed by atoms with Gasteiger partial charge in [0.15, 0.2) is 5.82 Å². The predicted octanol–water partition coefficient (Wildman–Crippen LogP) is 8.66. The highest BCUT2D eigenvalue weighted by molar-refractivity contribution is 6.31. The van der Waals surface area contributed by atoms with Crippen LogP contribution in [0.3, 0.4) is 0 Å². The number of fused-ring (bicyclic) bond motifs is 8. The number of aryl methyl sites for hydroxylation is 2. The summed E-state index contributed by atoms with van der Waals surface area (Å²) in [4.78, 5) is 18.8. The Labute approximate surface area is 260 Å². The molecule has 43 heavy (non-hydrogen) atoms. The molecule has 0 saturated carbocycles. The Kier molecular flexibility index (Phi) is 9.78. The van der Waals surface area contributed by atoms with Gasteiger partial charge in [0, 0.05) is 48.9 Å². The number of anilines is 1. The van der Waals surface area contributed by atoms with Crippen molar-refractivity contribution >= 4 is 28.3 Å². The predicted molar refractivity (Wildman–Crippen MR) is 172 cm³/mol. The molecule has 0 amide bonds. The highest BCUT2D eigenvalue weighted by atomic mass is 35.5. The highest BCUT2D eigenvalue weighted by Gasteiger charge is 2.34. The fourth-order valence-electron chi connectivity index (χ4n) is 7.70. The minimum Gasteiger partial charge on any atom is -0.356 e. The Morgan fingerprint density at radius 3 is 2.58 bits per heavy atom. The molecule has 5 nitrogen and oxygen atoms in total. The van der Waals surface area contributed by atoms with Crippen LogP contribution in [-0.2, 0) is 12.8 Å². The fraction of sp³-hybridized carbons (Fsp3) is 0.629. The molecule has 0 radical (unpaired) electrons. The Hall–Kier alpha value is -2.38. The number of hydrogen-bond acceptors (Lipinski definition) is 5. The van der Waals surface area contributed by atoms with E-state index >= 15 is 4.39 Å². The lowest BCUT2D eigenvalue weighted by atomic mass is 9.92. The summed E-state index contributed by atoms with van der Waals surface area (Å²) in [5.41, 5.74) is 3.52. The van der Waals surface area contributed by atoms with Crippen molar-refractivity contribution in [2.45, 2.75) is 110 Å². The first kappa shape index (κ1) is 30.6. The second-order valence-electron chi connectivity index (χ2n) is 13.2. The molecule has 7 heterocycles. The summed E-state index contributed by atoms with van der Waals surface area (Å²) in [5, 5.41) is 1.41. The summed E-state index contributed by atoms with van der Waals surface area (Å²) < 4.78 is 28.8. The van der Waals surface area contributed by atoms with E-state index < -0.39 is 6.17 Å². The maximum Gasteiger partial charge on any atom is 0.175 e. The van der Waals surface area contributed by atoms with E-state index in [9.17, 15) is 4.39 Å². The molecule has 0 spiro atoms. The van der Waals surface area contributed by atoms with Crippen LogP contribution in [-0.4, -0.2) is 58.2 Å². The minimum absolute atomic E-state index is 0.348. The van der Waals surface area contributed by atoms with Crippen LogP contribution in [0.2, 0.25) is 5.02 Å². The number of alkyl halides is 1. The van der Waals surface area contributed by atoms with Gasteiger partial charge in [-0.25, -0.2) is 18.7 Å². The molecule has 2 aromatic heterocycles. The Morgan fingerprint density at radius 1 is 0.953 bits per heavy atom. The van der Waals surface area contributed by atoms with Crippen LogP contribution in [0.1, 0.15) is 94.5 Å². The van der Waals surface area contributed by atoms with E-state index in [-0.39, 0.29) is 5.82 Å². The lowest BCUT2D eigenvalue weighted by molar-refractivity contribution is 0.292. The van der Waals surface area contributed by atoms with Crippen LogP contribution >= 0.6 is 11.6 Å². The van der Waals surface area contributed by atoms with Crippen LogP contribution in [0.5, 0.6) is 0 Å². The molecule has 3 unspecified atom stereocenters. The van der Waals surface area contributed by atoms with Gasteiger partial charge in [0.1, 0.15) is 29.0 Å². The largest absolute Gasteiger partial charge is 0.356 e. The van der Waals surface area contributed by atoms with E-state index in [2.05, 4.69) is 19.8 Å². The van der Waals surface area contributed by atoms with Crippen molar-refractivity contribution < 1.29 is 8.78 Å². The van der Waals surface area contributed by atoms with Crippen molar-refractivity contribution in [2.24, 2.45) is 5.92 Å². The smallest absolute Gasteiger partial charge is 0.175 e. The Balaban J connectivity index is 0.000000310. The summed E-state index contributed by atoms with van der Waals surface area (Å²) in [6.07, 6.45) is 15.8. The van der Waals surface area contributed by atoms with Crippen molar-refractivity contribution in [3.05, 3.63) is 46.1 Å². The van der Waals surface area contributed by atoms with E-state index in [1.807, 2.05) is 26.0 Å². The maximum atomic E-state index is 16.2. The quantitative estimate of drug-likeness (QED) is 0.276. The molecule has 3 aromatic rings. The zero-order valence-electron chi connectivity index (χ0n) is 25.9. The summed E-state index contributed by atoms with van der Waals surface area (Å²) in [5.74, 6) is 1.83. The van der Waals surface area contributed by atoms with Gasteiger partial charge in [-0.15, -0.1) is 0 Å². The van der Waals surface area contributed by atoms with Crippen molar-refractivity contribution in [3.63, 3.8) is 0 Å². The van der Waals surface area contributed by atoms with Crippen LogP contribution in [0.4, 0.5) is 14.6 Å². The molecule has 0 N–H and O–H groups in total. The van der Waals surface area contributed by atoms with E-state index in [0.29, 0.717) is 52.4 Å². The lowest BCUT2D eigenvalue weighted by Crippen LogP contribution is -2.36. The SMILES string of the molecule is CCc1nc2c3cnc(c(F)c3n1)-c1cc(C)cc(Cl)c1CCCCCCCC1CCCN2C1.FC1CC2CCCN2C1. The summed E-state index contributed by atoms with van der Waals surface area (Å²) in [6, 6.07) is 4.61. The summed E-state index contributed by atoms with van der Waals surface area (Å²) in [6.45, 7) is 7.81. The molecular weight excluding hydrogens is 564 g/mol. The third-order valence-electron chi connectivity index (χ3n) is 9.94. The molecule has 3 fully saturated rings. The summed E-state index contributed by atoms with van der Waals surface area (Å²) >= 11 is 6.70. The van der Waals surface area contributed by atoms with Gasteiger partial charge in [-0.3, -0.25) is 9.88 Å². The average molecular weight is 610 g/mol. The summed E-state index contributed by atoms with van der Waals surface area (Å²) in [7, 11) is 0. The molecule has 5 aliphatic rings. The van der Waals surface area contributed by atoms with E-state index in [0.717, 1.165) is 67.8 Å². The normalized spacial score (nSPS) is 24.5. The molecule has 0 aliphatic carbocycles. The zero-order valence-corrected chi connectivity index (χ0v) is 26.6. The molecule has 3 saturated heterocycles. The third kappa shape index (κ3) is 6.83. The topological polar surface area (TPSA) is 45.2 Å². The number of aromatic nitrogens is 3. The monoisotopic (exact) mass is 609 g/mol.